The summed E-state index contributed by atoms with van der Waals surface area (Å²) in [6.45, 7) is 5.03. The van der Waals surface area contributed by atoms with E-state index in [1.54, 1.807) is 17.2 Å². The predicted octanol–water partition coefficient (Wildman–Crippen LogP) is 2.00. The third kappa shape index (κ3) is 4.64. The number of piperidine rings is 2. The van der Waals surface area contributed by atoms with Crippen molar-refractivity contribution in [3.8, 4) is 0 Å². The number of amides is 2. The van der Waals surface area contributed by atoms with Gasteiger partial charge in [0.25, 0.3) is 5.91 Å². The van der Waals surface area contributed by atoms with Crippen LogP contribution in [0.1, 0.15) is 47.8 Å². The van der Waals surface area contributed by atoms with Crippen LogP contribution in [-0.2, 0) is 4.79 Å². The fraction of sp³-hybridized carbons (Fsp3) is 0.524. The number of likely N-dealkylation sites (tertiary alicyclic amines) is 1. The van der Waals surface area contributed by atoms with E-state index in [0.29, 0.717) is 43.5 Å². The molecule has 1 atom stereocenters. The highest BCUT2D eigenvalue weighted by Crippen LogP contribution is 2.21. The van der Waals surface area contributed by atoms with Gasteiger partial charge < -0.3 is 15.5 Å². The number of hydrogen-bond acceptors (Lipinski definition) is 5. The highest BCUT2D eigenvalue weighted by Gasteiger charge is 2.29. The number of carbonyl (C=O) groups excluding carboxylic acids is 2. The molecule has 0 aliphatic carbocycles. The zero-order valence-electron chi connectivity index (χ0n) is 16.8. The third-order valence-electron chi connectivity index (χ3n) is 5.79. The van der Waals surface area contributed by atoms with Crippen molar-refractivity contribution in [1.29, 1.82) is 0 Å². The number of nitrogens with zero attached hydrogens (tertiary/aromatic N) is 4. The van der Waals surface area contributed by atoms with Crippen LogP contribution >= 0.6 is 0 Å². The monoisotopic (exact) mass is 396 g/mol. The van der Waals surface area contributed by atoms with E-state index in [1.165, 1.54) is 0 Å². The van der Waals surface area contributed by atoms with E-state index < -0.39 is 0 Å². The molecule has 0 saturated carbocycles. The van der Waals surface area contributed by atoms with E-state index in [4.69, 9.17) is 0 Å². The van der Waals surface area contributed by atoms with E-state index in [0.717, 1.165) is 31.5 Å². The molecule has 0 spiro atoms. The number of aryl methyl sites for hydroxylation is 1. The van der Waals surface area contributed by atoms with Crippen molar-refractivity contribution in [3.05, 3.63) is 41.9 Å². The minimum Gasteiger partial charge on any atom is -0.337 e. The maximum Gasteiger partial charge on any atom is 0.274 e. The Balaban J connectivity index is 1.29. The average Bonchev–Trinajstić information content (AvgIpc) is 3.26. The summed E-state index contributed by atoms with van der Waals surface area (Å²) in [5, 5.41) is 10.8. The van der Waals surface area contributed by atoms with E-state index in [-0.39, 0.29) is 17.7 Å². The number of pyridine rings is 1. The molecule has 1 unspecified atom stereocenters. The molecule has 8 nitrogen and oxygen atoms in total. The van der Waals surface area contributed by atoms with Gasteiger partial charge in [0.1, 0.15) is 11.5 Å². The van der Waals surface area contributed by atoms with Crippen LogP contribution in [0.4, 0.5) is 5.82 Å². The summed E-state index contributed by atoms with van der Waals surface area (Å²) in [5.74, 6) is 0.393. The standard InChI is InChI=1S/C21H28N6O2/c1-15-4-5-19(23-13-15)24-20(28)16-6-10-26(11-7-16)21(29)18-8-12-27(25-18)17-3-2-9-22-14-17/h4-5,8,12-13,16-17,22H,2-3,6-7,9-11,14H2,1H3,(H,23,24,28). The van der Waals surface area contributed by atoms with Gasteiger partial charge in [-0.1, -0.05) is 6.07 Å². The summed E-state index contributed by atoms with van der Waals surface area (Å²) in [5.41, 5.74) is 1.54. The Morgan fingerprint density at radius 1 is 1.17 bits per heavy atom. The lowest BCUT2D eigenvalue weighted by Gasteiger charge is -2.30. The molecule has 0 radical (unpaired) electrons. The van der Waals surface area contributed by atoms with Crippen molar-refractivity contribution in [1.82, 2.24) is 25.0 Å². The highest BCUT2D eigenvalue weighted by molar-refractivity contribution is 5.93. The molecular formula is C21H28N6O2. The van der Waals surface area contributed by atoms with Crippen molar-refractivity contribution in [2.45, 2.75) is 38.6 Å². The summed E-state index contributed by atoms with van der Waals surface area (Å²) in [6, 6.07) is 5.85. The van der Waals surface area contributed by atoms with Gasteiger partial charge in [-0.3, -0.25) is 14.3 Å². The van der Waals surface area contributed by atoms with Crippen LogP contribution < -0.4 is 10.6 Å². The molecule has 2 N–H and O–H groups in total. The molecule has 0 aromatic carbocycles. The van der Waals surface area contributed by atoms with Gasteiger partial charge in [0, 0.05) is 37.9 Å². The lowest BCUT2D eigenvalue weighted by Crippen LogP contribution is -2.41. The van der Waals surface area contributed by atoms with Gasteiger partial charge in [0.05, 0.1) is 6.04 Å². The van der Waals surface area contributed by atoms with Crippen LogP contribution in [0.25, 0.3) is 0 Å². The van der Waals surface area contributed by atoms with Crippen molar-refractivity contribution in [2.75, 3.05) is 31.5 Å². The molecule has 2 saturated heterocycles. The summed E-state index contributed by atoms with van der Waals surface area (Å²) in [4.78, 5) is 31.4. The van der Waals surface area contributed by atoms with Crippen molar-refractivity contribution in [3.63, 3.8) is 0 Å². The number of rotatable bonds is 4. The maximum atomic E-state index is 12.8. The summed E-state index contributed by atoms with van der Waals surface area (Å²) >= 11 is 0. The smallest absolute Gasteiger partial charge is 0.274 e. The zero-order chi connectivity index (χ0) is 20.2. The van der Waals surface area contributed by atoms with Crippen LogP contribution in [0.5, 0.6) is 0 Å². The summed E-state index contributed by atoms with van der Waals surface area (Å²) < 4.78 is 1.91. The van der Waals surface area contributed by atoms with Crippen LogP contribution in [0, 0.1) is 12.8 Å². The quantitative estimate of drug-likeness (QED) is 0.825. The lowest BCUT2D eigenvalue weighted by molar-refractivity contribution is -0.121. The van der Waals surface area contributed by atoms with E-state index in [9.17, 15) is 9.59 Å². The first kappa shape index (κ1) is 19.6. The molecule has 154 valence electrons. The largest absolute Gasteiger partial charge is 0.337 e. The minimum atomic E-state index is -0.104. The van der Waals surface area contributed by atoms with Crippen molar-refractivity contribution >= 4 is 17.6 Å². The second-order valence-electron chi connectivity index (χ2n) is 7.96. The van der Waals surface area contributed by atoms with E-state index >= 15 is 0 Å². The number of hydrogen-bond donors (Lipinski definition) is 2. The Bertz CT molecular complexity index is 848. The Hall–Kier alpha value is -2.74. The number of carbonyl (C=O) groups is 2. The van der Waals surface area contributed by atoms with Gasteiger partial charge in [-0.2, -0.15) is 5.10 Å². The average molecular weight is 396 g/mol. The zero-order valence-corrected chi connectivity index (χ0v) is 16.8. The predicted molar refractivity (Wildman–Crippen MR) is 110 cm³/mol. The minimum absolute atomic E-state index is 0.0254. The number of aromatic nitrogens is 3. The van der Waals surface area contributed by atoms with E-state index in [1.807, 2.05) is 29.9 Å². The molecule has 4 rings (SSSR count). The maximum absolute atomic E-state index is 12.8. The number of anilines is 1. The molecule has 29 heavy (non-hydrogen) atoms. The molecule has 2 amide bonds. The fourth-order valence-corrected chi connectivity index (χ4v) is 3.99. The first-order valence-corrected chi connectivity index (χ1v) is 10.4. The molecule has 2 aliphatic rings. The van der Waals surface area contributed by atoms with Crippen molar-refractivity contribution in [2.24, 2.45) is 5.92 Å². The fourth-order valence-electron chi connectivity index (χ4n) is 3.99. The molecular weight excluding hydrogens is 368 g/mol. The molecule has 2 aromatic rings. The van der Waals surface area contributed by atoms with Gasteiger partial charge in [0.15, 0.2) is 0 Å². The summed E-state index contributed by atoms with van der Waals surface area (Å²) in [6.07, 6.45) is 7.15. The molecule has 4 heterocycles. The van der Waals surface area contributed by atoms with Gasteiger partial charge in [-0.05, 0) is 56.8 Å². The van der Waals surface area contributed by atoms with Crippen LogP contribution in [0.15, 0.2) is 30.6 Å². The topological polar surface area (TPSA) is 92.2 Å². The van der Waals surface area contributed by atoms with Crippen molar-refractivity contribution < 1.29 is 9.59 Å². The van der Waals surface area contributed by atoms with Gasteiger partial charge in [0.2, 0.25) is 5.91 Å². The SMILES string of the molecule is Cc1ccc(NC(=O)C2CCN(C(=O)c3ccn(C4CCCNC4)n3)CC2)nc1. The van der Waals surface area contributed by atoms with E-state index in [2.05, 4.69) is 20.7 Å². The molecule has 2 fully saturated rings. The summed E-state index contributed by atoms with van der Waals surface area (Å²) in [7, 11) is 0. The second-order valence-corrected chi connectivity index (χ2v) is 7.96. The Morgan fingerprint density at radius 2 is 2.00 bits per heavy atom. The highest BCUT2D eigenvalue weighted by atomic mass is 16.2. The molecule has 2 aromatic heterocycles. The normalized spacial score (nSPS) is 20.4. The lowest BCUT2D eigenvalue weighted by atomic mass is 9.95. The van der Waals surface area contributed by atoms with Crippen LogP contribution in [0.2, 0.25) is 0 Å². The van der Waals surface area contributed by atoms with Gasteiger partial charge in [-0.15, -0.1) is 0 Å². The Labute approximate surface area is 170 Å². The second kappa shape index (κ2) is 8.73. The Morgan fingerprint density at radius 3 is 2.69 bits per heavy atom. The molecule has 8 heteroatoms. The number of nitrogens with one attached hydrogen (secondary N) is 2. The van der Waals surface area contributed by atoms with Crippen LogP contribution in [-0.4, -0.2) is 57.7 Å². The third-order valence-corrected chi connectivity index (χ3v) is 5.79. The molecule has 0 bridgehead atoms. The Kier molecular flexibility index (Phi) is 5.89. The first-order chi connectivity index (χ1) is 14.1. The first-order valence-electron chi connectivity index (χ1n) is 10.4. The van der Waals surface area contributed by atoms with Crippen LogP contribution in [0.3, 0.4) is 0 Å². The molecule has 2 aliphatic heterocycles. The van der Waals surface area contributed by atoms with Gasteiger partial charge >= 0.3 is 0 Å². The van der Waals surface area contributed by atoms with Gasteiger partial charge in [-0.25, -0.2) is 4.98 Å².